The SMILES string of the molecule is CC(S)CCOCC(COCCC(C)S)(COCCC(C)S)COCCC(C)S. The van der Waals surface area contributed by atoms with Crippen molar-refractivity contribution in [3.8, 4) is 0 Å². The molecule has 4 nitrogen and oxygen atoms in total. The molecule has 29 heavy (non-hydrogen) atoms. The average molecular weight is 489 g/mol. The molecule has 0 aromatic heterocycles. The van der Waals surface area contributed by atoms with Gasteiger partial charge in [-0.2, -0.15) is 50.5 Å². The van der Waals surface area contributed by atoms with Crippen LogP contribution in [0.2, 0.25) is 0 Å². The molecule has 0 aliphatic heterocycles. The molecule has 0 rings (SSSR count). The van der Waals surface area contributed by atoms with Crippen LogP contribution in [0.5, 0.6) is 0 Å². The molecule has 0 saturated heterocycles. The fourth-order valence-corrected chi connectivity index (χ4v) is 2.84. The molecule has 176 valence electrons. The third kappa shape index (κ3) is 19.6. The summed E-state index contributed by atoms with van der Waals surface area (Å²) in [6.07, 6.45) is 3.64. The van der Waals surface area contributed by atoms with E-state index in [0.717, 1.165) is 25.7 Å². The Bertz CT molecular complexity index is 299. The van der Waals surface area contributed by atoms with Crippen LogP contribution < -0.4 is 0 Å². The van der Waals surface area contributed by atoms with Gasteiger partial charge in [-0.15, -0.1) is 0 Å². The minimum atomic E-state index is -0.334. The molecule has 4 atom stereocenters. The maximum atomic E-state index is 6.01. The fraction of sp³-hybridized carbons (Fsp3) is 1.00. The predicted octanol–water partition coefficient (Wildman–Crippen LogP) is 4.87. The van der Waals surface area contributed by atoms with Gasteiger partial charge in [0.15, 0.2) is 0 Å². The third-order valence-electron chi connectivity index (χ3n) is 4.35. The zero-order valence-electron chi connectivity index (χ0n) is 18.7. The summed E-state index contributed by atoms with van der Waals surface area (Å²) in [4.78, 5) is 0. The zero-order valence-corrected chi connectivity index (χ0v) is 22.3. The van der Waals surface area contributed by atoms with Gasteiger partial charge in [-0.05, 0) is 25.7 Å². The number of rotatable bonds is 20. The Balaban J connectivity index is 4.86. The summed E-state index contributed by atoms with van der Waals surface area (Å²) in [5.74, 6) is 0. The third-order valence-corrected chi connectivity index (χ3v) is 5.39. The highest BCUT2D eigenvalue weighted by atomic mass is 32.1. The van der Waals surface area contributed by atoms with Crippen molar-refractivity contribution in [3.05, 3.63) is 0 Å². The van der Waals surface area contributed by atoms with Crippen molar-refractivity contribution >= 4 is 50.5 Å². The number of hydrogen-bond acceptors (Lipinski definition) is 8. The second-order valence-electron chi connectivity index (χ2n) is 8.26. The monoisotopic (exact) mass is 488 g/mol. The molecule has 0 saturated carbocycles. The lowest BCUT2D eigenvalue weighted by molar-refractivity contribution is -0.107. The minimum absolute atomic E-state index is 0.318. The van der Waals surface area contributed by atoms with Gasteiger partial charge in [-0.3, -0.25) is 0 Å². The maximum Gasteiger partial charge on any atom is 0.0637 e. The van der Waals surface area contributed by atoms with Gasteiger partial charge in [0.2, 0.25) is 0 Å². The molecule has 0 aromatic rings. The van der Waals surface area contributed by atoms with Crippen LogP contribution in [0.4, 0.5) is 0 Å². The standard InChI is InChI=1S/C21H44O4S4/c1-17(26)5-9-22-13-21(14-23-10-6-18(2)27,15-24-11-7-19(3)28)16-25-12-8-20(4)29/h17-20,26-29H,5-16H2,1-4H3. The van der Waals surface area contributed by atoms with E-state index >= 15 is 0 Å². The Hall–Kier alpha value is 1.24. The van der Waals surface area contributed by atoms with Crippen LogP contribution in [0.3, 0.4) is 0 Å². The van der Waals surface area contributed by atoms with Gasteiger partial charge >= 0.3 is 0 Å². The van der Waals surface area contributed by atoms with E-state index in [-0.39, 0.29) is 5.41 Å². The molecule has 0 radical (unpaired) electrons. The molecule has 0 N–H and O–H groups in total. The van der Waals surface area contributed by atoms with Crippen LogP contribution in [0.25, 0.3) is 0 Å². The predicted molar refractivity (Wildman–Crippen MR) is 138 cm³/mol. The normalized spacial score (nSPS) is 18.2. The maximum absolute atomic E-state index is 6.01. The van der Waals surface area contributed by atoms with Crippen LogP contribution in [-0.4, -0.2) is 73.9 Å². The Labute approximate surface area is 201 Å². The van der Waals surface area contributed by atoms with Gasteiger partial charge in [0, 0.05) is 47.4 Å². The van der Waals surface area contributed by atoms with E-state index in [1.165, 1.54) is 0 Å². The highest BCUT2D eigenvalue weighted by molar-refractivity contribution is 7.81. The van der Waals surface area contributed by atoms with Crippen molar-refractivity contribution in [1.29, 1.82) is 0 Å². The summed E-state index contributed by atoms with van der Waals surface area (Å²) in [6.45, 7) is 13.1. The molecule has 0 aromatic carbocycles. The Kier molecular flexibility index (Phi) is 19.6. The van der Waals surface area contributed by atoms with Gasteiger partial charge in [-0.25, -0.2) is 0 Å². The summed E-state index contributed by atoms with van der Waals surface area (Å²) in [7, 11) is 0. The molecule has 0 amide bonds. The van der Waals surface area contributed by atoms with E-state index in [9.17, 15) is 0 Å². The topological polar surface area (TPSA) is 36.9 Å². The van der Waals surface area contributed by atoms with E-state index < -0.39 is 0 Å². The van der Waals surface area contributed by atoms with Crippen LogP contribution in [0.15, 0.2) is 0 Å². The average Bonchev–Trinajstić information content (AvgIpc) is 2.62. The van der Waals surface area contributed by atoms with Gasteiger partial charge in [0.05, 0.1) is 31.8 Å². The molecule has 0 spiro atoms. The van der Waals surface area contributed by atoms with E-state index in [1.54, 1.807) is 0 Å². The van der Waals surface area contributed by atoms with Gasteiger partial charge in [0.1, 0.15) is 0 Å². The fourth-order valence-electron chi connectivity index (χ4n) is 2.42. The van der Waals surface area contributed by atoms with Crippen LogP contribution in [-0.2, 0) is 18.9 Å². The van der Waals surface area contributed by atoms with E-state index in [1.807, 2.05) is 0 Å². The number of ether oxygens (including phenoxy) is 4. The molecular weight excluding hydrogens is 444 g/mol. The Morgan fingerprint density at radius 1 is 0.483 bits per heavy atom. The van der Waals surface area contributed by atoms with Crippen molar-refractivity contribution in [2.75, 3.05) is 52.9 Å². The first-order valence-electron chi connectivity index (χ1n) is 10.7. The quantitative estimate of drug-likeness (QED) is 0.146. The summed E-state index contributed by atoms with van der Waals surface area (Å²) in [6, 6.07) is 0. The summed E-state index contributed by atoms with van der Waals surface area (Å²) in [5.41, 5.74) is -0.334. The molecule has 0 bridgehead atoms. The molecular formula is C21H44O4S4. The van der Waals surface area contributed by atoms with Crippen molar-refractivity contribution in [2.45, 2.75) is 74.4 Å². The van der Waals surface area contributed by atoms with Crippen molar-refractivity contribution in [2.24, 2.45) is 5.41 Å². The van der Waals surface area contributed by atoms with Crippen LogP contribution in [0, 0.1) is 5.41 Å². The molecule has 0 aliphatic carbocycles. The van der Waals surface area contributed by atoms with Crippen LogP contribution >= 0.6 is 50.5 Å². The largest absolute Gasteiger partial charge is 0.381 e. The lowest BCUT2D eigenvalue weighted by Crippen LogP contribution is -2.42. The van der Waals surface area contributed by atoms with Gasteiger partial charge in [-0.1, -0.05) is 27.7 Å². The molecule has 0 aliphatic rings. The Morgan fingerprint density at radius 3 is 0.862 bits per heavy atom. The Morgan fingerprint density at radius 2 is 0.690 bits per heavy atom. The minimum Gasteiger partial charge on any atom is -0.381 e. The van der Waals surface area contributed by atoms with Gasteiger partial charge in [0.25, 0.3) is 0 Å². The molecule has 0 heterocycles. The molecule has 0 fully saturated rings. The number of thiol groups is 4. The molecule has 8 heteroatoms. The highest BCUT2D eigenvalue weighted by Gasteiger charge is 2.32. The van der Waals surface area contributed by atoms with Crippen LogP contribution in [0.1, 0.15) is 53.4 Å². The summed E-state index contributed by atoms with van der Waals surface area (Å²) in [5, 5.41) is 1.27. The number of hydrogen-bond donors (Lipinski definition) is 4. The van der Waals surface area contributed by atoms with E-state index in [4.69, 9.17) is 18.9 Å². The summed E-state index contributed by atoms with van der Waals surface area (Å²) >= 11 is 17.7. The first-order chi connectivity index (χ1) is 13.7. The van der Waals surface area contributed by atoms with E-state index in [2.05, 4.69) is 78.2 Å². The summed E-state index contributed by atoms with van der Waals surface area (Å²) < 4.78 is 24.0. The first kappa shape index (κ1) is 30.2. The second-order valence-corrected chi connectivity index (χ2v) is 11.8. The highest BCUT2D eigenvalue weighted by Crippen LogP contribution is 2.22. The lowest BCUT2D eigenvalue weighted by Gasteiger charge is -2.33. The van der Waals surface area contributed by atoms with Crippen molar-refractivity contribution in [1.82, 2.24) is 0 Å². The lowest BCUT2D eigenvalue weighted by atomic mass is 9.92. The van der Waals surface area contributed by atoms with E-state index in [0.29, 0.717) is 73.9 Å². The first-order valence-corrected chi connectivity index (χ1v) is 12.8. The molecule has 4 unspecified atom stereocenters. The second kappa shape index (κ2) is 18.8. The zero-order chi connectivity index (χ0) is 22.1. The van der Waals surface area contributed by atoms with Crippen molar-refractivity contribution < 1.29 is 18.9 Å². The smallest absolute Gasteiger partial charge is 0.0637 e. The van der Waals surface area contributed by atoms with Gasteiger partial charge < -0.3 is 18.9 Å². The van der Waals surface area contributed by atoms with Crippen molar-refractivity contribution in [3.63, 3.8) is 0 Å².